The first-order chi connectivity index (χ1) is 4.47. The third-order valence-corrected chi connectivity index (χ3v) is 1.33. The zero-order chi connectivity index (χ0) is 6.10. The molecule has 0 unspecified atom stereocenters. The number of hydrogen-bond acceptors (Lipinski definition) is 1. The van der Waals surface area contributed by atoms with Crippen LogP contribution in [0.25, 0.3) is 11.1 Å². The van der Waals surface area contributed by atoms with Gasteiger partial charge in [0.05, 0.1) is 12.5 Å². The van der Waals surface area contributed by atoms with Gasteiger partial charge in [-0.25, -0.2) is 0 Å². The summed E-state index contributed by atoms with van der Waals surface area (Å²) in [5.74, 6) is 0. The van der Waals surface area contributed by atoms with E-state index in [-0.39, 0.29) is 0 Å². The van der Waals surface area contributed by atoms with Crippen LogP contribution in [0.4, 0.5) is 0 Å². The first-order valence-electron chi connectivity index (χ1n) is 2.79. The lowest BCUT2D eigenvalue weighted by Gasteiger charge is -1.91. The van der Waals surface area contributed by atoms with E-state index >= 15 is 0 Å². The van der Waals surface area contributed by atoms with Crippen LogP contribution >= 0.6 is 0 Å². The van der Waals surface area contributed by atoms with E-state index in [0.717, 1.165) is 5.56 Å². The van der Waals surface area contributed by atoms with Crippen LogP contribution < -0.4 is 0 Å². The van der Waals surface area contributed by atoms with Crippen molar-refractivity contribution in [2.45, 2.75) is 0 Å². The van der Waals surface area contributed by atoms with E-state index in [2.05, 4.69) is 6.07 Å². The molecule has 0 fully saturated rings. The molecule has 0 N–H and O–H groups in total. The second-order valence-electron chi connectivity index (χ2n) is 1.92. The highest BCUT2D eigenvalue weighted by molar-refractivity contribution is 5.63. The van der Waals surface area contributed by atoms with Gasteiger partial charge in [0, 0.05) is 5.56 Å². The fourth-order valence-electron chi connectivity index (χ4n) is 0.859. The van der Waals surface area contributed by atoms with Crippen LogP contribution in [-0.4, -0.2) is 0 Å². The maximum atomic E-state index is 4.93. The summed E-state index contributed by atoms with van der Waals surface area (Å²) in [5, 5.41) is 0. The minimum atomic E-state index is 1.11. The van der Waals surface area contributed by atoms with Crippen LogP contribution in [0.3, 0.4) is 0 Å². The summed E-state index contributed by atoms with van der Waals surface area (Å²) in [6, 6.07) is 8.74. The fourth-order valence-corrected chi connectivity index (χ4v) is 0.859. The maximum absolute atomic E-state index is 4.93. The van der Waals surface area contributed by atoms with Gasteiger partial charge in [-0.15, -0.1) is 0 Å². The van der Waals surface area contributed by atoms with Crippen molar-refractivity contribution in [1.29, 1.82) is 0 Å². The summed E-state index contributed by atoms with van der Waals surface area (Å²) >= 11 is 0. The number of fused-ring (bicyclic) bond motifs is 1. The first-order valence-corrected chi connectivity index (χ1v) is 2.79. The molecule has 0 aromatic carbocycles. The predicted octanol–water partition coefficient (Wildman–Crippen LogP) is 2.18. The van der Waals surface area contributed by atoms with Crippen LogP contribution in [0.2, 0.25) is 0 Å². The van der Waals surface area contributed by atoms with Gasteiger partial charge < -0.3 is 4.42 Å². The van der Waals surface area contributed by atoms with Crippen molar-refractivity contribution in [2.24, 2.45) is 0 Å². The molecule has 0 aromatic rings. The Bertz CT molecular complexity index is 245. The van der Waals surface area contributed by atoms with E-state index in [1.165, 1.54) is 5.56 Å². The molecule has 1 aliphatic heterocycles. The molecule has 43 valence electrons. The molecule has 1 radical (unpaired) electrons. The highest BCUT2D eigenvalue weighted by Crippen LogP contribution is 2.20. The quantitative estimate of drug-likeness (QED) is 0.515. The summed E-state index contributed by atoms with van der Waals surface area (Å²) in [6.07, 6.45) is 3.38. The Morgan fingerprint density at radius 3 is 3.00 bits per heavy atom. The van der Waals surface area contributed by atoms with Crippen molar-refractivity contribution in [3.05, 3.63) is 36.8 Å². The second-order valence-corrected chi connectivity index (χ2v) is 1.92. The fraction of sp³-hybridized carbons (Fsp3) is 0. The molecular weight excluding hydrogens is 112 g/mol. The van der Waals surface area contributed by atoms with Crippen molar-refractivity contribution < 1.29 is 4.42 Å². The van der Waals surface area contributed by atoms with E-state index in [1.807, 2.05) is 18.2 Å². The van der Waals surface area contributed by atoms with Gasteiger partial charge in [-0.05, 0) is 29.8 Å². The van der Waals surface area contributed by atoms with E-state index in [4.69, 9.17) is 4.42 Å². The Hall–Kier alpha value is -1.24. The zero-order valence-corrected chi connectivity index (χ0v) is 4.79. The SMILES string of the molecule is [c]1cc2ccocc-2c1. The molecule has 0 bridgehead atoms. The molecule has 2 aliphatic rings. The molecule has 0 spiro atoms. The third-order valence-electron chi connectivity index (χ3n) is 1.33. The van der Waals surface area contributed by atoms with Gasteiger partial charge in [0.2, 0.25) is 0 Å². The van der Waals surface area contributed by atoms with E-state index in [9.17, 15) is 0 Å². The first kappa shape index (κ1) is 4.62. The molecule has 1 heteroatoms. The average molecular weight is 117 g/mol. The van der Waals surface area contributed by atoms with Gasteiger partial charge in [0.25, 0.3) is 0 Å². The van der Waals surface area contributed by atoms with Crippen molar-refractivity contribution >= 4 is 0 Å². The van der Waals surface area contributed by atoms with E-state index in [1.54, 1.807) is 12.5 Å². The topological polar surface area (TPSA) is 13.1 Å². The Kier molecular flexibility index (Phi) is 0.833. The second kappa shape index (κ2) is 1.62. The van der Waals surface area contributed by atoms with Gasteiger partial charge in [0.1, 0.15) is 0 Å². The van der Waals surface area contributed by atoms with Crippen molar-refractivity contribution in [3.63, 3.8) is 0 Å². The molecule has 0 aromatic heterocycles. The Balaban J connectivity index is 2.79. The zero-order valence-electron chi connectivity index (χ0n) is 4.79. The van der Waals surface area contributed by atoms with Crippen molar-refractivity contribution in [2.75, 3.05) is 0 Å². The van der Waals surface area contributed by atoms with E-state index < -0.39 is 0 Å². The Morgan fingerprint density at radius 2 is 2.11 bits per heavy atom. The summed E-state index contributed by atoms with van der Waals surface area (Å²) in [4.78, 5) is 0. The highest BCUT2D eigenvalue weighted by atomic mass is 16.3. The van der Waals surface area contributed by atoms with Gasteiger partial charge in [-0.2, -0.15) is 0 Å². The molecule has 0 saturated carbocycles. The Morgan fingerprint density at radius 1 is 1.22 bits per heavy atom. The number of rotatable bonds is 0. The predicted molar refractivity (Wildman–Crippen MR) is 34.2 cm³/mol. The average Bonchev–Trinajstić information content (AvgIpc) is 2.33. The molecule has 1 heterocycles. The van der Waals surface area contributed by atoms with Crippen LogP contribution in [0.5, 0.6) is 0 Å². The van der Waals surface area contributed by atoms with Crippen LogP contribution in [0.1, 0.15) is 0 Å². The largest absolute Gasteiger partial charge is 0.472 e. The molecule has 1 aliphatic carbocycles. The molecule has 9 heavy (non-hydrogen) atoms. The van der Waals surface area contributed by atoms with Crippen LogP contribution in [-0.2, 0) is 0 Å². The summed E-state index contributed by atoms with van der Waals surface area (Å²) in [5.41, 5.74) is 2.29. The van der Waals surface area contributed by atoms with E-state index in [0.29, 0.717) is 0 Å². The summed E-state index contributed by atoms with van der Waals surface area (Å²) in [6.45, 7) is 0. The standard InChI is InChI=1S/C8H5O/c1-2-7-4-5-9-6-8(7)3-1/h2-6H. The number of hydrogen-bond donors (Lipinski definition) is 0. The smallest absolute Gasteiger partial charge is 0.0980 e. The minimum absolute atomic E-state index is 1.11. The minimum Gasteiger partial charge on any atom is -0.472 e. The molecule has 0 saturated heterocycles. The molecule has 1 nitrogen and oxygen atoms in total. The maximum Gasteiger partial charge on any atom is 0.0980 e. The van der Waals surface area contributed by atoms with Gasteiger partial charge in [-0.3, -0.25) is 0 Å². The molecule has 0 atom stereocenters. The monoisotopic (exact) mass is 117 g/mol. The third kappa shape index (κ3) is 0.617. The molecule has 2 rings (SSSR count). The lowest BCUT2D eigenvalue weighted by molar-refractivity contribution is 0.552. The lowest BCUT2D eigenvalue weighted by atomic mass is 10.2. The van der Waals surface area contributed by atoms with Gasteiger partial charge in [0.15, 0.2) is 0 Å². The van der Waals surface area contributed by atoms with Crippen LogP contribution in [0, 0.1) is 6.07 Å². The van der Waals surface area contributed by atoms with Crippen molar-refractivity contribution in [1.82, 2.24) is 0 Å². The Labute approximate surface area is 53.3 Å². The van der Waals surface area contributed by atoms with Gasteiger partial charge in [-0.1, -0.05) is 0 Å². The molecule has 0 amide bonds. The molecular formula is C8H5O. The summed E-state index contributed by atoms with van der Waals surface area (Å²) < 4.78 is 4.93. The highest BCUT2D eigenvalue weighted by Gasteiger charge is 1.97. The van der Waals surface area contributed by atoms with Crippen LogP contribution in [0.15, 0.2) is 35.1 Å². The normalized spacial score (nSPS) is 10.2. The van der Waals surface area contributed by atoms with Gasteiger partial charge >= 0.3 is 0 Å². The lowest BCUT2D eigenvalue weighted by Crippen LogP contribution is -1.67. The van der Waals surface area contributed by atoms with Crippen molar-refractivity contribution in [3.8, 4) is 11.1 Å². The summed E-state index contributed by atoms with van der Waals surface area (Å²) in [7, 11) is 0.